The normalized spacial score (nSPS) is 23.3. The first-order valence-corrected chi connectivity index (χ1v) is 15.6. The van der Waals surface area contributed by atoms with Crippen molar-refractivity contribution in [2.45, 2.75) is 84.1 Å². The summed E-state index contributed by atoms with van der Waals surface area (Å²) in [5.74, 6) is 0.549. The van der Waals surface area contributed by atoms with Crippen molar-refractivity contribution in [3.63, 3.8) is 0 Å². The molecule has 0 spiro atoms. The van der Waals surface area contributed by atoms with Gasteiger partial charge >= 0.3 is 0 Å². The topological polar surface area (TPSA) is 106 Å². The van der Waals surface area contributed by atoms with E-state index in [0.29, 0.717) is 30.6 Å². The van der Waals surface area contributed by atoms with Crippen molar-refractivity contribution in [2.24, 2.45) is 12.5 Å². The number of piperidine rings is 1. The summed E-state index contributed by atoms with van der Waals surface area (Å²) in [6.45, 7) is 7.88. The summed E-state index contributed by atoms with van der Waals surface area (Å²) >= 11 is 0. The second-order valence-electron chi connectivity index (χ2n) is 12.9. The van der Waals surface area contributed by atoms with Crippen molar-refractivity contribution in [1.29, 1.82) is 0 Å². The van der Waals surface area contributed by atoms with Crippen molar-refractivity contribution in [3.8, 4) is 11.5 Å². The molecule has 2 aliphatic heterocycles. The molecule has 0 radical (unpaired) electrons. The van der Waals surface area contributed by atoms with Crippen LogP contribution in [-0.2, 0) is 18.4 Å². The number of benzene rings is 1. The van der Waals surface area contributed by atoms with Gasteiger partial charge in [-0.05, 0) is 69.1 Å². The van der Waals surface area contributed by atoms with E-state index in [-0.39, 0.29) is 17.9 Å². The van der Waals surface area contributed by atoms with E-state index in [1.807, 2.05) is 40.0 Å². The fraction of sp³-hybridized carbons (Fsp3) is 0.515. The number of hydrogen-bond acceptors (Lipinski definition) is 5. The number of carbonyl (C=O) groups is 2. The minimum Gasteiger partial charge on any atom is -0.348 e. The molecule has 0 saturated carbocycles. The largest absolute Gasteiger partial charge is 0.348 e. The summed E-state index contributed by atoms with van der Waals surface area (Å²) in [6, 6.07) is 10.9. The Morgan fingerprint density at radius 3 is 2.72 bits per heavy atom. The average Bonchev–Trinajstić information content (AvgIpc) is 3.51. The maximum atomic E-state index is 14.3. The van der Waals surface area contributed by atoms with Crippen LogP contribution >= 0.6 is 0 Å². The molecule has 10 heteroatoms. The minimum absolute atomic E-state index is 0.0581. The lowest BCUT2D eigenvalue weighted by molar-refractivity contribution is -0.130. The second-order valence-corrected chi connectivity index (χ2v) is 12.9. The molecule has 228 valence electrons. The van der Waals surface area contributed by atoms with Crippen molar-refractivity contribution in [3.05, 3.63) is 47.7 Å². The molecule has 2 aliphatic rings. The van der Waals surface area contributed by atoms with E-state index in [1.165, 1.54) is 0 Å². The summed E-state index contributed by atoms with van der Waals surface area (Å²) < 4.78 is 18.6. The molecule has 2 bridgehead atoms. The first kappa shape index (κ1) is 29.3. The number of pyridine rings is 1. The molecular weight excluding hydrogens is 545 g/mol. The van der Waals surface area contributed by atoms with Gasteiger partial charge in [-0.3, -0.25) is 9.59 Å². The number of hydrogen-bond donors (Lipinski definition) is 3. The van der Waals surface area contributed by atoms with Gasteiger partial charge in [0.2, 0.25) is 5.91 Å². The summed E-state index contributed by atoms with van der Waals surface area (Å²) in [7, 11) is 1.98. The lowest BCUT2D eigenvalue weighted by atomic mass is 9.85. The molecule has 3 atom stereocenters. The van der Waals surface area contributed by atoms with Crippen molar-refractivity contribution < 1.29 is 14.0 Å². The number of aryl methyl sites for hydroxylation is 2. The molecular formula is C33H42FN7O2. The number of amides is 2. The Balaban J connectivity index is 1.36. The number of rotatable bonds is 3. The summed E-state index contributed by atoms with van der Waals surface area (Å²) in [5, 5.41) is 10.2. The highest BCUT2D eigenvalue weighted by Gasteiger charge is 2.29. The molecule has 0 unspecified atom stereocenters. The van der Waals surface area contributed by atoms with E-state index in [9.17, 15) is 14.0 Å². The van der Waals surface area contributed by atoms with Gasteiger partial charge in [-0.15, -0.1) is 0 Å². The van der Waals surface area contributed by atoms with E-state index in [0.717, 1.165) is 72.4 Å². The predicted octanol–water partition coefficient (Wildman–Crippen LogP) is 5.19. The zero-order valence-electron chi connectivity index (χ0n) is 25.5. The van der Waals surface area contributed by atoms with E-state index in [4.69, 9.17) is 9.97 Å². The van der Waals surface area contributed by atoms with Crippen LogP contribution in [0.4, 0.5) is 4.39 Å². The van der Waals surface area contributed by atoms with Crippen LogP contribution in [0, 0.1) is 5.41 Å². The highest BCUT2D eigenvalue weighted by atomic mass is 19.1. The number of halogens is 1. The summed E-state index contributed by atoms with van der Waals surface area (Å²) in [5.41, 5.74) is 4.31. The maximum absolute atomic E-state index is 14.3. The Kier molecular flexibility index (Phi) is 7.98. The standard InChI is InChI=1S/C33H42FN7O2/c1-20-24-11-9-21-18-28(41(29(21)37-24)16-8-6-5-7-14-33(2,3)32(43)36-20)30-38-25-17-22(10-12-27(25)40(30)4)31(42)39-26-19-35-15-13-23(26)34/h9-12,17-18,20,23,26,35H,5-8,13-16,19H2,1-4H3,(H,36,43)(H,39,42)/t20-,23+,26+/m1/s1. The van der Waals surface area contributed by atoms with Crippen LogP contribution in [0.25, 0.3) is 33.6 Å². The molecule has 0 aliphatic carbocycles. The molecule has 9 nitrogen and oxygen atoms in total. The van der Waals surface area contributed by atoms with Gasteiger partial charge in [0.1, 0.15) is 11.8 Å². The second kappa shape index (κ2) is 11.7. The van der Waals surface area contributed by atoms with Crippen LogP contribution < -0.4 is 16.0 Å². The van der Waals surface area contributed by atoms with Gasteiger partial charge < -0.3 is 25.1 Å². The molecule has 1 fully saturated rings. The number of nitrogens with one attached hydrogen (secondary N) is 3. The van der Waals surface area contributed by atoms with Gasteiger partial charge in [-0.1, -0.05) is 33.1 Å². The third-order valence-corrected chi connectivity index (χ3v) is 9.19. The smallest absolute Gasteiger partial charge is 0.251 e. The zero-order valence-corrected chi connectivity index (χ0v) is 25.5. The van der Waals surface area contributed by atoms with E-state index < -0.39 is 17.6 Å². The zero-order chi connectivity index (χ0) is 30.3. The van der Waals surface area contributed by atoms with Crippen molar-refractivity contribution in [2.75, 3.05) is 13.1 Å². The van der Waals surface area contributed by atoms with E-state index in [1.54, 1.807) is 12.1 Å². The Labute approximate surface area is 251 Å². The fourth-order valence-electron chi connectivity index (χ4n) is 6.35. The molecule has 5 heterocycles. The van der Waals surface area contributed by atoms with Crippen molar-refractivity contribution >= 4 is 33.9 Å². The Bertz CT molecular complexity index is 1670. The molecule has 1 saturated heterocycles. The predicted molar refractivity (Wildman–Crippen MR) is 167 cm³/mol. The van der Waals surface area contributed by atoms with Crippen LogP contribution in [0.3, 0.4) is 0 Å². The number of alkyl halides is 1. The molecule has 43 heavy (non-hydrogen) atoms. The quantitative estimate of drug-likeness (QED) is 0.306. The minimum atomic E-state index is -1.06. The summed E-state index contributed by atoms with van der Waals surface area (Å²) in [4.78, 5) is 36.2. The maximum Gasteiger partial charge on any atom is 0.251 e. The van der Waals surface area contributed by atoms with Gasteiger partial charge in [-0.2, -0.15) is 0 Å². The van der Waals surface area contributed by atoms with Crippen LogP contribution in [0.15, 0.2) is 36.4 Å². The molecule has 6 rings (SSSR count). The van der Waals surface area contributed by atoms with Crippen LogP contribution in [-0.4, -0.2) is 56.2 Å². The lowest BCUT2D eigenvalue weighted by Gasteiger charge is -2.27. The lowest BCUT2D eigenvalue weighted by Crippen LogP contribution is -2.52. The highest BCUT2D eigenvalue weighted by Crippen LogP contribution is 2.32. The van der Waals surface area contributed by atoms with Crippen LogP contribution in [0.2, 0.25) is 0 Å². The molecule has 4 aromatic rings. The number of imidazole rings is 1. The highest BCUT2D eigenvalue weighted by molar-refractivity contribution is 5.98. The number of nitrogens with zero attached hydrogens (tertiary/aromatic N) is 4. The number of aromatic nitrogens is 4. The van der Waals surface area contributed by atoms with Gasteiger partial charge in [0.05, 0.1) is 34.5 Å². The van der Waals surface area contributed by atoms with Crippen molar-refractivity contribution in [1.82, 2.24) is 35.1 Å². The molecule has 2 amide bonds. The van der Waals surface area contributed by atoms with Gasteiger partial charge in [0.25, 0.3) is 5.91 Å². The number of carbonyl (C=O) groups excluding carboxylic acids is 2. The number of fused-ring (bicyclic) bond motifs is 2. The Morgan fingerprint density at radius 1 is 1.09 bits per heavy atom. The molecule has 3 aromatic heterocycles. The Morgan fingerprint density at radius 2 is 1.91 bits per heavy atom. The average molecular weight is 588 g/mol. The first-order valence-electron chi connectivity index (χ1n) is 15.6. The fourth-order valence-corrected chi connectivity index (χ4v) is 6.35. The molecule has 1 aromatic carbocycles. The third kappa shape index (κ3) is 5.77. The van der Waals surface area contributed by atoms with Crippen LogP contribution in [0.5, 0.6) is 0 Å². The SMILES string of the molecule is C[C@H]1NC(=O)C(C)(C)CCCCCCn2c(-c3nc4cc(C(=O)N[C@H]5CNCC[C@@H]5F)ccc4n3C)cc3ccc1nc32. The van der Waals surface area contributed by atoms with Gasteiger partial charge in [0.15, 0.2) is 5.82 Å². The third-order valence-electron chi connectivity index (χ3n) is 9.19. The summed E-state index contributed by atoms with van der Waals surface area (Å²) in [6.07, 6.45) is 4.32. The molecule has 3 N–H and O–H groups in total. The van der Waals surface area contributed by atoms with E-state index >= 15 is 0 Å². The van der Waals surface area contributed by atoms with E-state index in [2.05, 4.69) is 37.2 Å². The first-order chi connectivity index (χ1) is 20.6. The van der Waals surface area contributed by atoms with Gasteiger partial charge in [0, 0.05) is 36.5 Å². The van der Waals surface area contributed by atoms with Crippen LogP contribution in [0.1, 0.15) is 81.4 Å². The monoisotopic (exact) mass is 587 g/mol. The van der Waals surface area contributed by atoms with Gasteiger partial charge in [-0.25, -0.2) is 14.4 Å². The Hall–Kier alpha value is -3.79.